The molecule has 2 aromatic rings. The summed E-state index contributed by atoms with van der Waals surface area (Å²) in [5.41, 5.74) is 3.83. The van der Waals surface area contributed by atoms with Crippen LogP contribution in [0.2, 0.25) is 0 Å². The van der Waals surface area contributed by atoms with Crippen LogP contribution in [0.1, 0.15) is 22.2 Å². The van der Waals surface area contributed by atoms with E-state index in [0.717, 1.165) is 25.3 Å². The molecule has 0 fully saturated rings. The van der Waals surface area contributed by atoms with Crippen molar-refractivity contribution in [1.82, 2.24) is 10.3 Å². The summed E-state index contributed by atoms with van der Waals surface area (Å²) in [6, 6.07) is 8.57. The highest BCUT2D eigenvalue weighted by Crippen LogP contribution is 2.30. The Bertz CT molecular complexity index is 535. The molecule has 94 valence electrons. The van der Waals surface area contributed by atoms with Crippen LogP contribution in [0, 0.1) is 6.92 Å². The van der Waals surface area contributed by atoms with Crippen molar-refractivity contribution in [2.45, 2.75) is 19.4 Å². The number of rotatable bonds is 4. The van der Waals surface area contributed by atoms with E-state index in [4.69, 9.17) is 0 Å². The van der Waals surface area contributed by atoms with E-state index in [0.29, 0.717) is 5.92 Å². The molecule has 1 aromatic carbocycles. The molecule has 2 N–H and O–H groups in total. The standard InChI is InChI=1S/C14H17N3S/c1-10-9-18-14(17-10)8-15-6-11-7-16-13-5-3-2-4-12(11)13/h2-5,9,11,15-16H,6-8H2,1H3. The smallest absolute Gasteiger partial charge is 0.107 e. The van der Waals surface area contributed by atoms with Gasteiger partial charge in [-0.15, -0.1) is 11.3 Å². The highest BCUT2D eigenvalue weighted by atomic mass is 32.1. The minimum atomic E-state index is 0.572. The number of hydrogen-bond donors (Lipinski definition) is 2. The van der Waals surface area contributed by atoms with Crippen molar-refractivity contribution in [3.05, 3.63) is 45.9 Å². The number of aromatic nitrogens is 1. The zero-order chi connectivity index (χ0) is 12.4. The Kier molecular flexibility index (Phi) is 3.30. The molecule has 1 aliphatic rings. The molecule has 0 bridgehead atoms. The molecule has 1 atom stereocenters. The van der Waals surface area contributed by atoms with Gasteiger partial charge < -0.3 is 10.6 Å². The van der Waals surface area contributed by atoms with Gasteiger partial charge in [0.05, 0.1) is 0 Å². The molecule has 3 rings (SSSR count). The number of nitrogens with zero attached hydrogens (tertiary/aromatic N) is 1. The molecule has 1 unspecified atom stereocenters. The summed E-state index contributed by atoms with van der Waals surface area (Å²) in [5.74, 6) is 0.572. The quantitative estimate of drug-likeness (QED) is 0.886. The fourth-order valence-corrected chi connectivity index (χ4v) is 3.12. The van der Waals surface area contributed by atoms with E-state index in [-0.39, 0.29) is 0 Å². The lowest BCUT2D eigenvalue weighted by molar-refractivity contribution is 0.611. The molecule has 18 heavy (non-hydrogen) atoms. The van der Waals surface area contributed by atoms with Crippen LogP contribution in [0.4, 0.5) is 5.69 Å². The van der Waals surface area contributed by atoms with E-state index in [1.165, 1.54) is 16.3 Å². The second-order valence-electron chi connectivity index (χ2n) is 4.68. The molecule has 1 aliphatic heterocycles. The van der Waals surface area contributed by atoms with Gasteiger partial charge in [-0.05, 0) is 18.6 Å². The predicted molar refractivity (Wildman–Crippen MR) is 76.2 cm³/mol. The second-order valence-corrected chi connectivity index (χ2v) is 5.62. The van der Waals surface area contributed by atoms with Crippen molar-refractivity contribution in [3.8, 4) is 0 Å². The van der Waals surface area contributed by atoms with Gasteiger partial charge in [0.1, 0.15) is 5.01 Å². The normalized spacial score (nSPS) is 17.5. The van der Waals surface area contributed by atoms with Crippen molar-refractivity contribution >= 4 is 17.0 Å². The number of hydrogen-bond acceptors (Lipinski definition) is 4. The maximum atomic E-state index is 4.46. The number of thiazole rings is 1. The average molecular weight is 259 g/mol. The van der Waals surface area contributed by atoms with E-state index in [2.05, 4.69) is 45.3 Å². The highest BCUT2D eigenvalue weighted by molar-refractivity contribution is 7.09. The van der Waals surface area contributed by atoms with Gasteiger partial charge in [0, 0.05) is 42.3 Å². The summed E-state index contributed by atoms with van der Waals surface area (Å²) < 4.78 is 0. The average Bonchev–Trinajstić information content (AvgIpc) is 2.97. The van der Waals surface area contributed by atoms with Crippen LogP contribution in [-0.2, 0) is 6.54 Å². The van der Waals surface area contributed by atoms with Gasteiger partial charge in [-0.1, -0.05) is 18.2 Å². The summed E-state index contributed by atoms with van der Waals surface area (Å²) in [6.07, 6.45) is 0. The van der Waals surface area contributed by atoms with Gasteiger partial charge in [-0.25, -0.2) is 4.98 Å². The molecule has 2 heterocycles. The van der Waals surface area contributed by atoms with Crippen molar-refractivity contribution in [1.29, 1.82) is 0 Å². The largest absolute Gasteiger partial charge is 0.384 e. The summed E-state index contributed by atoms with van der Waals surface area (Å²) in [4.78, 5) is 4.46. The van der Waals surface area contributed by atoms with Crippen molar-refractivity contribution < 1.29 is 0 Å². The van der Waals surface area contributed by atoms with Crippen molar-refractivity contribution in [2.24, 2.45) is 0 Å². The molecule has 0 saturated carbocycles. The van der Waals surface area contributed by atoms with Crippen LogP contribution < -0.4 is 10.6 Å². The first kappa shape index (κ1) is 11.7. The topological polar surface area (TPSA) is 37.0 Å². The van der Waals surface area contributed by atoms with E-state index < -0.39 is 0 Å². The van der Waals surface area contributed by atoms with E-state index in [1.54, 1.807) is 11.3 Å². The SMILES string of the molecule is Cc1csc(CNCC2CNc3ccccc32)n1. The monoisotopic (exact) mass is 259 g/mol. The van der Waals surface area contributed by atoms with Crippen LogP contribution in [0.5, 0.6) is 0 Å². The number of para-hydroxylation sites is 1. The van der Waals surface area contributed by atoms with Gasteiger partial charge in [0.15, 0.2) is 0 Å². The molecule has 1 aromatic heterocycles. The van der Waals surface area contributed by atoms with E-state index >= 15 is 0 Å². The van der Waals surface area contributed by atoms with E-state index in [9.17, 15) is 0 Å². The third kappa shape index (κ3) is 2.40. The number of nitrogens with one attached hydrogen (secondary N) is 2. The molecule has 0 amide bonds. The molecular formula is C14H17N3S. The van der Waals surface area contributed by atoms with Gasteiger partial charge in [0.25, 0.3) is 0 Å². The zero-order valence-electron chi connectivity index (χ0n) is 10.4. The minimum Gasteiger partial charge on any atom is -0.384 e. The van der Waals surface area contributed by atoms with Crippen molar-refractivity contribution in [3.63, 3.8) is 0 Å². The first-order valence-corrected chi connectivity index (χ1v) is 7.15. The Morgan fingerprint density at radius 2 is 2.33 bits per heavy atom. The van der Waals surface area contributed by atoms with Gasteiger partial charge in [-0.3, -0.25) is 0 Å². The molecule has 0 spiro atoms. The summed E-state index contributed by atoms with van der Waals surface area (Å²) in [7, 11) is 0. The summed E-state index contributed by atoms with van der Waals surface area (Å²) >= 11 is 1.73. The van der Waals surface area contributed by atoms with Gasteiger partial charge >= 0.3 is 0 Å². The molecule has 4 heteroatoms. The molecule has 0 radical (unpaired) electrons. The Balaban J connectivity index is 1.56. The number of anilines is 1. The molecule has 0 aliphatic carbocycles. The fraction of sp³-hybridized carbons (Fsp3) is 0.357. The number of aryl methyl sites for hydroxylation is 1. The van der Waals surface area contributed by atoms with Crippen LogP contribution in [0.25, 0.3) is 0 Å². The predicted octanol–water partition coefficient (Wildman–Crippen LogP) is 2.75. The number of fused-ring (bicyclic) bond motifs is 1. The Hall–Kier alpha value is -1.39. The highest BCUT2D eigenvalue weighted by Gasteiger charge is 2.20. The van der Waals surface area contributed by atoms with Crippen molar-refractivity contribution in [2.75, 3.05) is 18.4 Å². The second kappa shape index (κ2) is 5.08. The molecule has 0 saturated heterocycles. The first-order valence-electron chi connectivity index (χ1n) is 6.27. The van der Waals surface area contributed by atoms with Crippen LogP contribution in [-0.4, -0.2) is 18.1 Å². The fourth-order valence-electron chi connectivity index (χ4n) is 2.38. The van der Waals surface area contributed by atoms with Gasteiger partial charge in [0.2, 0.25) is 0 Å². The van der Waals surface area contributed by atoms with E-state index in [1.807, 2.05) is 6.92 Å². The Labute approximate surface area is 111 Å². The van der Waals surface area contributed by atoms with Crippen LogP contribution >= 0.6 is 11.3 Å². The Morgan fingerprint density at radius 1 is 1.44 bits per heavy atom. The lowest BCUT2D eigenvalue weighted by Crippen LogP contribution is -2.22. The number of benzene rings is 1. The lowest BCUT2D eigenvalue weighted by Gasteiger charge is -2.10. The van der Waals surface area contributed by atoms with Crippen LogP contribution in [0.3, 0.4) is 0 Å². The first-order chi connectivity index (χ1) is 8.83. The van der Waals surface area contributed by atoms with Gasteiger partial charge in [-0.2, -0.15) is 0 Å². The summed E-state index contributed by atoms with van der Waals surface area (Å²) in [6.45, 7) is 4.94. The molecular weight excluding hydrogens is 242 g/mol. The Morgan fingerprint density at radius 3 is 3.17 bits per heavy atom. The lowest BCUT2D eigenvalue weighted by atomic mass is 10.0. The maximum Gasteiger partial charge on any atom is 0.107 e. The molecule has 3 nitrogen and oxygen atoms in total. The maximum absolute atomic E-state index is 4.46. The zero-order valence-corrected chi connectivity index (χ0v) is 11.3. The van der Waals surface area contributed by atoms with Crippen LogP contribution in [0.15, 0.2) is 29.6 Å². The third-order valence-corrected chi connectivity index (χ3v) is 4.24. The summed E-state index contributed by atoms with van der Waals surface area (Å²) in [5, 5.41) is 10.2. The minimum absolute atomic E-state index is 0.572. The third-order valence-electron chi connectivity index (χ3n) is 3.27.